The predicted octanol–water partition coefficient (Wildman–Crippen LogP) is 2.49. The molecule has 0 radical (unpaired) electrons. The second-order valence-electron chi connectivity index (χ2n) is 4.22. The fourth-order valence-electron chi connectivity index (χ4n) is 2.03. The Balaban J connectivity index is 1.80. The monoisotopic (exact) mass is 231 g/mol. The van der Waals surface area contributed by atoms with E-state index in [0.717, 1.165) is 17.5 Å². The number of oxazole rings is 1. The zero-order valence-electron chi connectivity index (χ0n) is 9.55. The van der Waals surface area contributed by atoms with E-state index in [0.29, 0.717) is 12.5 Å². The van der Waals surface area contributed by atoms with Crippen molar-refractivity contribution >= 4 is 17.1 Å². The Labute approximate surface area is 98.6 Å². The molecule has 0 unspecified atom stereocenters. The van der Waals surface area contributed by atoms with Gasteiger partial charge in [-0.15, -0.1) is 0 Å². The molecule has 1 aromatic carbocycles. The van der Waals surface area contributed by atoms with Crippen LogP contribution in [0, 0.1) is 5.92 Å². The van der Waals surface area contributed by atoms with E-state index in [9.17, 15) is 4.79 Å². The maximum Gasteiger partial charge on any atom is 0.309 e. The third-order valence-corrected chi connectivity index (χ3v) is 3.01. The fraction of sp³-hybridized carbons (Fsp3) is 0.385. The Morgan fingerprint density at radius 1 is 1.53 bits per heavy atom. The third-order valence-electron chi connectivity index (χ3n) is 3.01. The number of rotatable bonds is 3. The molecule has 88 valence electrons. The van der Waals surface area contributed by atoms with Gasteiger partial charge in [-0.1, -0.05) is 12.1 Å². The first-order valence-electron chi connectivity index (χ1n) is 5.81. The molecule has 0 N–H and O–H groups in total. The molecule has 1 aromatic heterocycles. The molecule has 1 saturated carbocycles. The zero-order chi connectivity index (χ0) is 11.8. The van der Waals surface area contributed by atoms with Crippen molar-refractivity contribution in [1.29, 1.82) is 0 Å². The molecule has 4 nitrogen and oxygen atoms in total. The molecule has 2 aromatic rings. The number of carbonyl (C=O) groups is 1. The number of nitrogens with zero attached hydrogens (tertiary/aromatic N) is 1. The summed E-state index contributed by atoms with van der Waals surface area (Å²) in [5.41, 5.74) is 1.62. The number of hydrogen-bond donors (Lipinski definition) is 0. The fourth-order valence-corrected chi connectivity index (χ4v) is 2.03. The number of para-hydroxylation sites is 2. The summed E-state index contributed by atoms with van der Waals surface area (Å²) >= 11 is 0. The average Bonchev–Trinajstić information content (AvgIpc) is 3.02. The van der Waals surface area contributed by atoms with Crippen LogP contribution in [0.1, 0.15) is 25.2 Å². The van der Waals surface area contributed by atoms with Gasteiger partial charge in [0.25, 0.3) is 0 Å². The summed E-state index contributed by atoms with van der Waals surface area (Å²) in [6, 6.07) is 7.62. The number of aromatic nitrogens is 1. The number of hydrogen-bond acceptors (Lipinski definition) is 4. The van der Waals surface area contributed by atoms with Crippen molar-refractivity contribution in [1.82, 2.24) is 4.98 Å². The molecule has 0 spiro atoms. The molecule has 17 heavy (non-hydrogen) atoms. The van der Waals surface area contributed by atoms with Gasteiger partial charge in [0.1, 0.15) is 5.52 Å². The van der Waals surface area contributed by atoms with Crippen molar-refractivity contribution in [2.75, 3.05) is 6.61 Å². The van der Waals surface area contributed by atoms with Gasteiger partial charge in [-0.25, -0.2) is 4.98 Å². The smallest absolute Gasteiger partial charge is 0.309 e. The van der Waals surface area contributed by atoms with Crippen molar-refractivity contribution in [2.24, 2.45) is 5.92 Å². The zero-order valence-corrected chi connectivity index (χ0v) is 9.55. The molecule has 1 heterocycles. The van der Waals surface area contributed by atoms with Crippen molar-refractivity contribution in [3.63, 3.8) is 0 Å². The summed E-state index contributed by atoms with van der Waals surface area (Å²) in [6.07, 6.45) is 0.783. The van der Waals surface area contributed by atoms with E-state index in [1.807, 2.05) is 31.2 Å². The topological polar surface area (TPSA) is 52.3 Å². The third kappa shape index (κ3) is 1.79. The number of carbonyl (C=O) groups excluding carboxylic acids is 1. The maximum absolute atomic E-state index is 11.5. The molecular formula is C13H13NO3. The van der Waals surface area contributed by atoms with Gasteiger partial charge in [-0.2, -0.15) is 0 Å². The minimum absolute atomic E-state index is 0.0667. The van der Waals surface area contributed by atoms with Gasteiger partial charge >= 0.3 is 5.97 Å². The van der Waals surface area contributed by atoms with Crippen molar-refractivity contribution in [3.8, 4) is 0 Å². The Morgan fingerprint density at radius 2 is 2.35 bits per heavy atom. The van der Waals surface area contributed by atoms with Crippen LogP contribution in [0.25, 0.3) is 11.1 Å². The van der Waals surface area contributed by atoms with E-state index in [1.54, 1.807) is 0 Å². The van der Waals surface area contributed by atoms with Gasteiger partial charge in [-0.05, 0) is 25.5 Å². The van der Waals surface area contributed by atoms with Crippen molar-refractivity contribution in [3.05, 3.63) is 30.2 Å². The first kappa shape index (κ1) is 10.3. The number of benzene rings is 1. The molecular weight excluding hydrogens is 218 g/mol. The molecule has 1 aliphatic rings. The summed E-state index contributed by atoms with van der Waals surface area (Å²) in [7, 11) is 0. The second kappa shape index (κ2) is 3.87. The predicted molar refractivity (Wildman–Crippen MR) is 61.5 cm³/mol. The van der Waals surface area contributed by atoms with Crippen molar-refractivity contribution < 1.29 is 13.9 Å². The minimum atomic E-state index is -0.139. The first-order chi connectivity index (χ1) is 8.29. The lowest BCUT2D eigenvalue weighted by molar-refractivity contribution is -0.144. The van der Waals surface area contributed by atoms with Gasteiger partial charge < -0.3 is 9.15 Å². The molecule has 0 bridgehead atoms. The van der Waals surface area contributed by atoms with Gasteiger partial charge in [-0.3, -0.25) is 4.79 Å². The number of fused-ring (bicyclic) bond motifs is 1. The Hall–Kier alpha value is -1.84. The Bertz CT molecular complexity index is 528. The highest BCUT2D eigenvalue weighted by atomic mass is 16.5. The number of esters is 1. The summed E-state index contributed by atoms with van der Waals surface area (Å²) in [6.45, 7) is 2.24. The van der Waals surface area contributed by atoms with E-state index in [2.05, 4.69) is 4.98 Å². The van der Waals surface area contributed by atoms with E-state index < -0.39 is 0 Å². The quantitative estimate of drug-likeness (QED) is 0.761. The van der Waals surface area contributed by atoms with Crippen LogP contribution >= 0.6 is 0 Å². The van der Waals surface area contributed by atoms with Gasteiger partial charge in [0.05, 0.1) is 12.5 Å². The average molecular weight is 231 g/mol. The summed E-state index contributed by atoms with van der Waals surface area (Å²) in [4.78, 5) is 15.9. The van der Waals surface area contributed by atoms with Crippen LogP contribution in [-0.2, 0) is 9.53 Å². The van der Waals surface area contributed by atoms with E-state index >= 15 is 0 Å². The lowest BCUT2D eigenvalue weighted by Gasteiger charge is -1.98. The lowest BCUT2D eigenvalue weighted by Crippen LogP contribution is -2.07. The van der Waals surface area contributed by atoms with Crippen LogP contribution < -0.4 is 0 Å². The SMILES string of the molecule is CCOC(=O)[C@H]1C[C@@H]1c1nc2ccccc2o1. The summed E-state index contributed by atoms with van der Waals surface area (Å²) < 4.78 is 10.6. The molecule has 0 amide bonds. The molecule has 0 aliphatic heterocycles. The van der Waals surface area contributed by atoms with Crippen LogP contribution in [0.4, 0.5) is 0 Å². The molecule has 2 atom stereocenters. The maximum atomic E-state index is 11.5. The van der Waals surface area contributed by atoms with E-state index in [-0.39, 0.29) is 17.8 Å². The van der Waals surface area contributed by atoms with Gasteiger partial charge in [0.2, 0.25) is 0 Å². The first-order valence-corrected chi connectivity index (χ1v) is 5.81. The largest absolute Gasteiger partial charge is 0.466 e. The standard InChI is InChI=1S/C13H13NO3/c1-2-16-13(15)9-7-8(9)12-14-10-5-3-4-6-11(10)17-12/h3-6,8-9H,2,7H2,1H3/t8-,9-/m0/s1. The molecule has 1 fully saturated rings. The van der Waals surface area contributed by atoms with Crippen LogP contribution in [0.2, 0.25) is 0 Å². The highest BCUT2D eigenvalue weighted by Gasteiger charge is 2.48. The van der Waals surface area contributed by atoms with E-state index in [1.165, 1.54) is 0 Å². The van der Waals surface area contributed by atoms with Gasteiger partial charge in [0.15, 0.2) is 11.5 Å². The van der Waals surface area contributed by atoms with Crippen LogP contribution in [0.15, 0.2) is 28.7 Å². The molecule has 3 rings (SSSR count). The highest BCUT2D eigenvalue weighted by molar-refractivity contribution is 5.78. The minimum Gasteiger partial charge on any atom is -0.466 e. The van der Waals surface area contributed by atoms with Gasteiger partial charge in [0, 0.05) is 5.92 Å². The molecule has 4 heteroatoms. The normalized spacial score (nSPS) is 22.6. The lowest BCUT2D eigenvalue weighted by atomic mass is 10.3. The number of ether oxygens (including phenoxy) is 1. The van der Waals surface area contributed by atoms with Crippen LogP contribution in [0.3, 0.4) is 0 Å². The summed E-state index contributed by atoms with van der Waals surface area (Å²) in [5.74, 6) is 0.550. The Kier molecular flexibility index (Phi) is 2.35. The Morgan fingerprint density at radius 3 is 3.12 bits per heavy atom. The van der Waals surface area contributed by atoms with Crippen LogP contribution in [-0.4, -0.2) is 17.6 Å². The van der Waals surface area contributed by atoms with Crippen molar-refractivity contribution in [2.45, 2.75) is 19.3 Å². The van der Waals surface area contributed by atoms with Crippen LogP contribution in [0.5, 0.6) is 0 Å². The molecule has 0 saturated heterocycles. The highest BCUT2D eigenvalue weighted by Crippen LogP contribution is 2.48. The molecule has 1 aliphatic carbocycles. The van der Waals surface area contributed by atoms with E-state index in [4.69, 9.17) is 9.15 Å². The second-order valence-corrected chi connectivity index (χ2v) is 4.22. The summed E-state index contributed by atoms with van der Waals surface area (Å²) in [5, 5.41) is 0.